The van der Waals surface area contributed by atoms with Crippen molar-refractivity contribution < 1.29 is 192 Å². The van der Waals surface area contributed by atoms with Gasteiger partial charge in [0.05, 0.1) is 0 Å². The summed E-state index contributed by atoms with van der Waals surface area (Å²) in [6.45, 7) is 0. The van der Waals surface area contributed by atoms with Crippen molar-refractivity contribution in [2.75, 3.05) is 0 Å². The zero-order chi connectivity index (χ0) is 38.6. The quantitative estimate of drug-likeness (QED) is 0.168. The van der Waals surface area contributed by atoms with E-state index >= 15 is 0 Å². The lowest BCUT2D eigenvalue weighted by atomic mass is 10.6. The van der Waals surface area contributed by atoms with Gasteiger partial charge in [-0.25, -0.2) is 0 Å². The summed E-state index contributed by atoms with van der Waals surface area (Å²) in [7, 11) is 0. The van der Waals surface area contributed by atoms with Crippen molar-refractivity contribution in [2.45, 2.75) is 0 Å². The first-order chi connectivity index (χ1) is 23.3. The van der Waals surface area contributed by atoms with Gasteiger partial charge in [-0.15, -0.1) is 0 Å². The van der Waals surface area contributed by atoms with E-state index in [1.165, 1.54) is 0 Å². The third-order valence-electron chi connectivity index (χ3n) is 2.61. The van der Waals surface area contributed by atoms with Crippen LogP contribution in [0.15, 0.2) is 181 Å². The van der Waals surface area contributed by atoms with Gasteiger partial charge in [0.2, 0.25) is 130 Å². The molecular formula is C32H48Al8Cl16. The lowest BCUT2D eigenvalue weighted by Gasteiger charge is -1.56. The fourth-order valence-corrected chi connectivity index (χ4v) is 2.97. The van der Waals surface area contributed by atoms with Crippen molar-refractivity contribution in [3.8, 4) is 0 Å². The van der Waals surface area contributed by atoms with Crippen LogP contribution < -0.4 is 99.3 Å². The molecular weight excluding hydrogens is 1170 g/mol. The van der Waals surface area contributed by atoms with Gasteiger partial charge in [0.25, 0.3) is 0 Å². The topological polar surface area (TPSA) is 0 Å². The number of hydrogen-bond donors (Lipinski definition) is 0. The first-order valence-corrected chi connectivity index (χ1v) is 23.5. The third-order valence-corrected chi connectivity index (χ3v) is 6.04. The van der Waals surface area contributed by atoms with E-state index in [0.29, 0.717) is 0 Å². The van der Waals surface area contributed by atoms with Crippen molar-refractivity contribution in [2.24, 2.45) is 0 Å². The first kappa shape index (κ1) is 108. The van der Waals surface area contributed by atoms with Crippen molar-refractivity contribution >= 4 is 130 Å². The number of rotatable bonds is 8. The molecule has 0 saturated heterocycles. The molecule has 0 aromatic rings. The monoisotopic (exact) mass is 1210 g/mol. The molecule has 0 aromatic carbocycles. The second-order valence-corrected chi connectivity index (χ2v) is 12.0. The van der Waals surface area contributed by atoms with Crippen LogP contribution in [0, 0.1) is 92.8 Å². The fraction of sp³-hybridized carbons (Fsp3) is 0. The van der Waals surface area contributed by atoms with Crippen LogP contribution in [0.1, 0.15) is 0 Å². The van der Waals surface area contributed by atoms with Crippen LogP contribution >= 0.6 is 0 Å². The minimum Gasteiger partial charge on any atom is -1.00 e. The Morgan fingerprint density at radius 2 is 0.232 bits per heavy atom. The second-order valence-electron chi connectivity index (χ2n) is 6.05. The largest absolute Gasteiger partial charge is 1.00 e. The van der Waals surface area contributed by atoms with Gasteiger partial charge in [-0.2, -0.15) is 39.5 Å². The standard InChI is InChI=1S/8C4H5Cl.8Al.8ClH.8H/c8*1-2-3-4-5;;;;;;;;;;;;;;;;;;;;;;;;/h8*1-5H;;;;;;;;;8*1H;;;;;;;;/q8*+1;;;;;;;;;;;;;;;;;;;;;;;;/p-8. The normalized spacial score (nSPS) is 9.86. The van der Waals surface area contributed by atoms with Crippen LogP contribution in [0.4, 0.5) is 0 Å². The van der Waals surface area contributed by atoms with E-state index in [0.717, 1.165) is 0 Å². The van der Waals surface area contributed by atoms with Crippen LogP contribution in [-0.4, -0.2) is 130 Å². The number of halogens is 16. The zero-order valence-corrected chi connectivity index (χ0v) is 54.3. The molecule has 0 aliphatic heterocycles. The molecule has 312 valence electrons. The maximum atomic E-state index is 4.49. The van der Waals surface area contributed by atoms with E-state index in [4.69, 9.17) is 0 Å². The molecule has 0 aromatic heterocycles. The van der Waals surface area contributed by atoms with Gasteiger partial charge in [0, 0.05) is 0 Å². The number of hydrogen-bond acceptors (Lipinski definition) is 0. The van der Waals surface area contributed by atoms with Crippen LogP contribution in [-0.2, 0) is 0 Å². The molecule has 0 aliphatic rings. The van der Waals surface area contributed by atoms with Gasteiger partial charge < -0.3 is 99.3 Å². The highest BCUT2D eigenvalue weighted by Gasteiger charge is 1.62. The van der Waals surface area contributed by atoms with Gasteiger partial charge in [0.15, 0.2) is 44.3 Å². The molecule has 0 spiro atoms. The van der Waals surface area contributed by atoms with Crippen LogP contribution in [0.5, 0.6) is 0 Å². The van der Waals surface area contributed by atoms with E-state index < -0.39 is 0 Å². The highest BCUT2D eigenvalue weighted by molar-refractivity contribution is 6.18. The summed E-state index contributed by atoms with van der Waals surface area (Å²) in [5.74, 6) is 0. The third kappa shape index (κ3) is 237. The molecule has 0 N–H and O–H groups in total. The molecule has 0 nitrogen and oxygen atoms in total. The van der Waals surface area contributed by atoms with Gasteiger partial charge in [0.1, 0.15) is 92.8 Å². The first-order valence-electron chi connectivity index (χ1n) is 13.2. The summed E-state index contributed by atoms with van der Waals surface area (Å²) in [6.07, 6.45) is 29.8. The van der Waals surface area contributed by atoms with E-state index in [1.54, 1.807) is 175 Å². The predicted octanol–water partition coefficient (Wildman–Crippen LogP) is -22.4. The van der Waals surface area contributed by atoms with Gasteiger partial charge in [-0.3, -0.25) is 0 Å². The zero-order valence-electron chi connectivity index (χ0n) is 30.4. The van der Waals surface area contributed by atoms with Crippen molar-refractivity contribution in [1.82, 2.24) is 0 Å². The Morgan fingerprint density at radius 3 is 0.250 bits per heavy atom. The van der Waals surface area contributed by atoms with Crippen LogP contribution in [0.25, 0.3) is 0 Å². The molecule has 0 saturated carbocycles. The molecule has 0 atom stereocenters. The van der Waals surface area contributed by atoms with Crippen LogP contribution in [0.3, 0.4) is 0 Å². The lowest BCUT2D eigenvalue weighted by Crippen LogP contribution is -3.00. The molecule has 0 aliphatic carbocycles. The molecule has 8 radical (unpaired) electrons. The predicted molar refractivity (Wildman–Crippen MR) is 215 cm³/mol. The Bertz CT molecular complexity index is 705. The average Bonchev–Trinajstić information content (AvgIpc) is 3.12. The molecule has 0 unspecified atom stereocenters. The molecule has 0 heterocycles. The Kier molecular flexibility index (Phi) is 295. The molecule has 0 fully saturated rings. The summed E-state index contributed by atoms with van der Waals surface area (Å²) >= 11 is 50.2. The lowest BCUT2D eigenvalue weighted by molar-refractivity contribution is -0.275. The van der Waals surface area contributed by atoms with E-state index in [9.17, 15) is 0 Å². The fourth-order valence-electron chi connectivity index (χ4n) is 0.991. The Labute approximate surface area is 495 Å². The molecule has 0 rings (SSSR count). The molecule has 24 heteroatoms. The minimum atomic E-state index is 0. The summed E-state index contributed by atoms with van der Waals surface area (Å²) < 4.78 is 0. The summed E-state index contributed by atoms with van der Waals surface area (Å²) in [4.78, 5) is 15.7. The summed E-state index contributed by atoms with van der Waals surface area (Å²) in [5, 5.41) is 0. The molecule has 56 heavy (non-hydrogen) atoms. The van der Waals surface area contributed by atoms with Crippen molar-refractivity contribution in [3.63, 3.8) is 0 Å². The molecule has 0 bridgehead atoms. The summed E-state index contributed by atoms with van der Waals surface area (Å²) in [6, 6.07) is 0. The average molecular weight is 1220 g/mol. The van der Waals surface area contributed by atoms with Crippen molar-refractivity contribution in [3.05, 3.63) is 181 Å². The SMILES string of the molecule is [AlH][CH]=CC=C[ClH+].[AlH][CH]=CC=C[ClH+].[AlH][CH]=CC=C[ClH+].[AlH][CH]=CC=C[ClH+].[AlH][CH]=CC=C[ClH+].[AlH][CH]=CC=C[ClH+].[AlH][CH]=CC=C[ClH+].[AlH][CH]=CC=C[ClH+].[Cl-].[Cl-].[Cl-].[Cl-].[Cl-].[Cl-].[Cl-].[Cl-]. The Morgan fingerprint density at radius 1 is 0.161 bits per heavy atom. The van der Waals surface area contributed by atoms with Gasteiger partial charge in [-0.05, 0) is 48.6 Å². The van der Waals surface area contributed by atoms with Crippen molar-refractivity contribution in [1.29, 1.82) is 0 Å². The summed E-state index contributed by atoms with van der Waals surface area (Å²) in [5.41, 5.74) is 12.7. The van der Waals surface area contributed by atoms with E-state index in [1.807, 2.05) is 137 Å². The highest BCUT2D eigenvalue weighted by Crippen LogP contribution is 1.71. The molecule has 0 amide bonds. The van der Waals surface area contributed by atoms with Gasteiger partial charge >= 0.3 is 0 Å². The van der Waals surface area contributed by atoms with Gasteiger partial charge in [-0.1, -0.05) is 48.6 Å². The Hall–Kier alpha value is 4.74. The Balaban J connectivity index is -0.0000000229. The number of allylic oxidation sites excluding steroid dienone is 16. The highest BCUT2D eigenvalue weighted by atomic mass is 35.5. The maximum Gasteiger partial charge on any atom is 0.210 e. The van der Waals surface area contributed by atoms with E-state index in [2.05, 4.69) is 92.8 Å². The van der Waals surface area contributed by atoms with E-state index in [-0.39, 0.29) is 99.3 Å². The minimum absolute atomic E-state index is 0. The smallest absolute Gasteiger partial charge is 0.210 e. The second kappa shape index (κ2) is 153. The maximum absolute atomic E-state index is 4.49. The van der Waals surface area contributed by atoms with Crippen LogP contribution in [0.2, 0.25) is 0 Å².